The second-order valence-electron chi connectivity index (χ2n) is 6.50. The molecule has 0 saturated carbocycles. The van der Waals surface area contributed by atoms with Gasteiger partial charge in [0.1, 0.15) is 0 Å². The van der Waals surface area contributed by atoms with Crippen molar-refractivity contribution in [3.05, 3.63) is 52.8 Å². The number of hydrogen-bond acceptors (Lipinski definition) is 3. The fourth-order valence-corrected chi connectivity index (χ4v) is 2.85. The molecule has 5 nitrogen and oxygen atoms in total. The zero-order valence-corrected chi connectivity index (χ0v) is 14.7. The van der Waals surface area contributed by atoms with E-state index >= 15 is 0 Å². The second kappa shape index (κ2) is 6.07. The molecule has 5 heteroatoms. The van der Waals surface area contributed by atoms with Gasteiger partial charge in [0.25, 0.3) is 5.91 Å². The van der Waals surface area contributed by atoms with E-state index in [-0.39, 0.29) is 11.9 Å². The van der Waals surface area contributed by atoms with Crippen LogP contribution in [0.1, 0.15) is 47.1 Å². The van der Waals surface area contributed by atoms with Gasteiger partial charge in [-0.2, -0.15) is 5.10 Å². The Balaban J connectivity index is 2.03. The molecule has 3 rings (SSSR count). The average Bonchev–Trinajstić information content (AvgIpc) is 2.92. The minimum atomic E-state index is -0.138. The van der Waals surface area contributed by atoms with E-state index in [0.29, 0.717) is 5.56 Å². The number of carbonyl (C=O) groups excluding carboxylic acids is 1. The van der Waals surface area contributed by atoms with Gasteiger partial charge < -0.3 is 5.32 Å². The van der Waals surface area contributed by atoms with Crippen molar-refractivity contribution in [2.45, 2.75) is 40.7 Å². The third kappa shape index (κ3) is 2.89. The fraction of sp³-hybridized carbons (Fsp3) is 0.316. The first-order valence-corrected chi connectivity index (χ1v) is 8.10. The number of anilines is 1. The highest BCUT2D eigenvalue weighted by Gasteiger charge is 2.17. The van der Waals surface area contributed by atoms with Gasteiger partial charge in [-0.15, -0.1) is 0 Å². The van der Waals surface area contributed by atoms with Crippen LogP contribution in [0.15, 0.2) is 30.5 Å². The molecule has 0 bridgehead atoms. The van der Waals surface area contributed by atoms with Gasteiger partial charge in [0.05, 0.1) is 17.1 Å². The van der Waals surface area contributed by atoms with Crippen molar-refractivity contribution < 1.29 is 4.79 Å². The van der Waals surface area contributed by atoms with Crippen molar-refractivity contribution in [2.24, 2.45) is 0 Å². The summed E-state index contributed by atoms with van der Waals surface area (Å²) in [6, 6.07) is 7.98. The predicted molar refractivity (Wildman–Crippen MR) is 96.5 cm³/mol. The molecule has 0 aliphatic carbocycles. The van der Waals surface area contributed by atoms with E-state index in [1.807, 2.05) is 57.5 Å². The van der Waals surface area contributed by atoms with Crippen LogP contribution in [-0.2, 0) is 0 Å². The first-order valence-electron chi connectivity index (χ1n) is 8.10. The maximum absolute atomic E-state index is 12.8. The van der Waals surface area contributed by atoms with E-state index in [9.17, 15) is 4.79 Å². The molecule has 0 aliphatic rings. The molecule has 1 N–H and O–H groups in total. The lowest BCUT2D eigenvalue weighted by atomic mass is 10.1. The van der Waals surface area contributed by atoms with Gasteiger partial charge in [0.15, 0.2) is 5.65 Å². The largest absolute Gasteiger partial charge is 0.322 e. The maximum atomic E-state index is 12.8. The molecule has 0 aliphatic heterocycles. The van der Waals surface area contributed by atoms with E-state index in [1.165, 1.54) is 5.56 Å². The van der Waals surface area contributed by atoms with Crippen molar-refractivity contribution >= 4 is 22.6 Å². The monoisotopic (exact) mass is 322 g/mol. The topological polar surface area (TPSA) is 59.8 Å². The zero-order chi connectivity index (χ0) is 17.4. The van der Waals surface area contributed by atoms with Crippen LogP contribution in [0.4, 0.5) is 5.69 Å². The smallest absolute Gasteiger partial charge is 0.256 e. The van der Waals surface area contributed by atoms with E-state index in [2.05, 4.69) is 21.5 Å². The summed E-state index contributed by atoms with van der Waals surface area (Å²) >= 11 is 0. The molecule has 0 radical (unpaired) electrons. The lowest BCUT2D eigenvalue weighted by Gasteiger charge is -2.11. The summed E-state index contributed by atoms with van der Waals surface area (Å²) in [5, 5.41) is 8.17. The van der Waals surface area contributed by atoms with Crippen LogP contribution in [0.2, 0.25) is 0 Å². The Labute approximate surface area is 141 Å². The third-order valence-corrected chi connectivity index (χ3v) is 4.06. The van der Waals surface area contributed by atoms with Crippen LogP contribution in [-0.4, -0.2) is 20.7 Å². The Bertz CT molecular complexity index is 925. The summed E-state index contributed by atoms with van der Waals surface area (Å²) in [7, 11) is 0. The van der Waals surface area contributed by atoms with Gasteiger partial charge in [-0.05, 0) is 52.3 Å². The van der Waals surface area contributed by atoms with Crippen LogP contribution >= 0.6 is 0 Å². The first kappa shape index (κ1) is 16.2. The van der Waals surface area contributed by atoms with Gasteiger partial charge in [-0.25, -0.2) is 9.67 Å². The standard InChI is InChI=1S/C19H22N4O/c1-11(2)23-18-16(10-20-23)15(9-14(5)21-18)19(24)22-17-7-6-12(3)8-13(17)4/h6-11H,1-5H3,(H,22,24). The van der Waals surface area contributed by atoms with Crippen LogP contribution in [0.3, 0.4) is 0 Å². The summed E-state index contributed by atoms with van der Waals surface area (Å²) in [4.78, 5) is 17.4. The summed E-state index contributed by atoms with van der Waals surface area (Å²) in [6.45, 7) is 10.0. The Kier molecular flexibility index (Phi) is 4.09. The zero-order valence-electron chi connectivity index (χ0n) is 14.7. The molecule has 24 heavy (non-hydrogen) atoms. The number of nitrogens with one attached hydrogen (secondary N) is 1. The first-order chi connectivity index (χ1) is 11.4. The van der Waals surface area contributed by atoms with Crippen LogP contribution in [0.25, 0.3) is 11.0 Å². The van der Waals surface area contributed by atoms with E-state index in [4.69, 9.17) is 0 Å². The van der Waals surface area contributed by atoms with Crippen molar-refractivity contribution in [3.63, 3.8) is 0 Å². The summed E-state index contributed by atoms with van der Waals surface area (Å²) in [6.07, 6.45) is 1.72. The lowest BCUT2D eigenvalue weighted by Crippen LogP contribution is -2.14. The summed E-state index contributed by atoms with van der Waals surface area (Å²) < 4.78 is 1.84. The quantitative estimate of drug-likeness (QED) is 0.786. The second-order valence-corrected chi connectivity index (χ2v) is 6.50. The van der Waals surface area contributed by atoms with Crippen LogP contribution < -0.4 is 5.32 Å². The van der Waals surface area contributed by atoms with Gasteiger partial charge >= 0.3 is 0 Å². The van der Waals surface area contributed by atoms with Gasteiger partial charge in [-0.1, -0.05) is 17.7 Å². The Morgan fingerprint density at radius 2 is 1.92 bits per heavy atom. The molecule has 0 fully saturated rings. The van der Waals surface area contributed by atoms with Crippen molar-refractivity contribution in [1.29, 1.82) is 0 Å². The predicted octanol–water partition coefficient (Wildman–Crippen LogP) is 4.19. The van der Waals surface area contributed by atoms with Gasteiger partial charge in [-0.3, -0.25) is 4.79 Å². The SMILES string of the molecule is Cc1ccc(NC(=O)c2cc(C)nc3c2cnn3C(C)C)c(C)c1. The average molecular weight is 322 g/mol. The molecule has 0 spiro atoms. The number of aryl methyl sites for hydroxylation is 3. The number of aromatic nitrogens is 3. The highest BCUT2D eigenvalue weighted by molar-refractivity contribution is 6.12. The number of fused-ring (bicyclic) bond motifs is 1. The maximum Gasteiger partial charge on any atom is 0.256 e. The van der Waals surface area contributed by atoms with Gasteiger partial charge in [0.2, 0.25) is 0 Å². The molecule has 3 aromatic rings. The summed E-state index contributed by atoms with van der Waals surface area (Å²) in [5.41, 5.74) is 5.19. The number of benzene rings is 1. The van der Waals surface area contributed by atoms with Crippen molar-refractivity contribution in [2.75, 3.05) is 5.32 Å². The number of hydrogen-bond donors (Lipinski definition) is 1. The molecule has 1 aromatic carbocycles. The molecule has 0 atom stereocenters. The molecule has 2 aromatic heterocycles. The van der Waals surface area contributed by atoms with Gasteiger partial charge in [0, 0.05) is 17.4 Å². The molecule has 124 valence electrons. The lowest BCUT2D eigenvalue weighted by molar-refractivity contribution is 0.102. The van der Waals surface area contributed by atoms with Crippen molar-refractivity contribution in [1.82, 2.24) is 14.8 Å². The minimum absolute atomic E-state index is 0.138. The van der Waals surface area contributed by atoms with Crippen LogP contribution in [0, 0.1) is 20.8 Å². The van der Waals surface area contributed by atoms with Crippen LogP contribution in [0.5, 0.6) is 0 Å². The highest BCUT2D eigenvalue weighted by atomic mass is 16.1. The number of pyridine rings is 1. The number of amides is 1. The van der Waals surface area contributed by atoms with E-state index in [1.54, 1.807) is 6.20 Å². The number of rotatable bonds is 3. The molecule has 0 saturated heterocycles. The fourth-order valence-electron chi connectivity index (χ4n) is 2.85. The molecule has 1 amide bonds. The number of nitrogens with zero attached hydrogens (tertiary/aromatic N) is 3. The summed E-state index contributed by atoms with van der Waals surface area (Å²) in [5.74, 6) is -0.138. The Hall–Kier alpha value is -2.69. The molecular formula is C19H22N4O. The minimum Gasteiger partial charge on any atom is -0.322 e. The van der Waals surface area contributed by atoms with Crippen molar-refractivity contribution in [3.8, 4) is 0 Å². The Morgan fingerprint density at radius 1 is 1.17 bits per heavy atom. The third-order valence-electron chi connectivity index (χ3n) is 4.06. The normalized spacial score (nSPS) is 11.2. The molecule has 0 unspecified atom stereocenters. The Morgan fingerprint density at radius 3 is 2.58 bits per heavy atom. The van der Waals surface area contributed by atoms with E-state index < -0.39 is 0 Å². The molecular weight excluding hydrogens is 300 g/mol. The number of carbonyl (C=O) groups is 1. The van der Waals surface area contributed by atoms with E-state index in [0.717, 1.165) is 28.0 Å². The highest BCUT2D eigenvalue weighted by Crippen LogP contribution is 2.23. The molecule has 2 heterocycles.